The Hall–Kier alpha value is -3.94. The Labute approximate surface area is 177 Å². The van der Waals surface area contributed by atoms with Gasteiger partial charge in [0, 0.05) is 44.9 Å². The molecule has 142 valence electrons. The lowest BCUT2D eigenvalue weighted by molar-refractivity contribution is 1.31. The zero-order valence-electron chi connectivity index (χ0n) is 15.9. The number of rotatable bonds is 2. The molecule has 2 aromatic carbocycles. The van der Waals surface area contributed by atoms with Crippen molar-refractivity contribution >= 4 is 22.2 Å². The van der Waals surface area contributed by atoms with Crippen molar-refractivity contribution in [3.05, 3.63) is 112 Å². The SMILES string of the molecule is O=c1[nH]c2ccccc2c(-c2cccc(C#Cc3cccnc3)c2)c1-c1cccs1. The molecule has 0 aliphatic carbocycles. The van der Waals surface area contributed by atoms with Crippen molar-refractivity contribution in [3.8, 4) is 33.4 Å². The first kappa shape index (κ1) is 18.1. The Morgan fingerprint density at radius 1 is 0.833 bits per heavy atom. The second-order valence-corrected chi connectivity index (χ2v) is 7.75. The van der Waals surface area contributed by atoms with Crippen molar-refractivity contribution in [2.45, 2.75) is 0 Å². The molecule has 30 heavy (non-hydrogen) atoms. The number of hydrogen-bond donors (Lipinski definition) is 1. The lowest BCUT2D eigenvalue weighted by atomic mass is 9.94. The van der Waals surface area contributed by atoms with E-state index in [1.165, 1.54) is 0 Å². The molecule has 0 amide bonds. The van der Waals surface area contributed by atoms with Crippen LogP contribution >= 0.6 is 11.3 Å². The standard InChI is InChI=1S/C26H16N2OS/c29-26-25(23-11-5-15-30-23)24(21-9-1-2-10-22(21)28-26)20-8-3-6-18(16-20)12-13-19-7-4-14-27-17-19/h1-11,14-17H,(H,28,29). The van der Waals surface area contributed by atoms with Crippen LogP contribution in [0.25, 0.3) is 32.5 Å². The van der Waals surface area contributed by atoms with Crippen LogP contribution in [0.1, 0.15) is 11.1 Å². The molecule has 0 saturated carbocycles. The van der Waals surface area contributed by atoms with E-state index in [0.717, 1.165) is 38.0 Å². The van der Waals surface area contributed by atoms with E-state index in [2.05, 4.69) is 21.8 Å². The first-order valence-corrected chi connectivity index (χ1v) is 10.4. The minimum Gasteiger partial charge on any atom is -0.321 e. The maximum atomic E-state index is 13.0. The molecule has 0 saturated heterocycles. The molecule has 0 spiro atoms. The highest BCUT2D eigenvalue weighted by molar-refractivity contribution is 7.13. The molecular formula is C26H16N2OS. The number of benzene rings is 2. The quantitative estimate of drug-likeness (QED) is 0.383. The van der Waals surface area contributed by atoms with Crippen LogP contribution < -0.4 is 5.56 Å². The number of para-hydroxylation sites is 1. The molecule has 0 atom stereocenters. The van der Waals surface area contributed by atoms with Crippen LogP contribution in [0.4, 0.5) is 0 Å². The minimum absolute atomic E-state index is 0.0852. The van der Waals surface area contributed by atoms with Gasteiger partial charge in [0.05, 0.1) is 5.56 Å². The van der Waals surface area contributed by atoms with E-state index in [-0.39, 0.29) is 5.56 Å². The number of aromatic amines is 1. The molecule has 1 N–H and O–H groups in total. The first-order chi connectivity index (χ1) is 14.8. The minimum atomic E-state index is -0.0852. The van der Waals surface area contributed by atoms with Crippen molar-refractivity contribution < 1.29 is 0 Å². The number of hydrogen-bond acceptors (Lipinski definition) is 3. The Balaban J connectivity index is 1.73. The highest BCUT2D eigenvalue weighted by atomic mass is 32.1. The summed E-state index contributed by atoms with van der Waals surface area (Å²) in [6.45, 7) is 0. The Morgan fingerprint density at radius 3 is 2.53 bits per heavy atom. The third-order valence-electron chi connectivity index (χ3n) is 4.85. The molecule has 3 heterocycles. The highest BCUT2D eigenvalue weighted by Crippen LogP contribution is 2.36. The maximum absolute atomic E-state index is 13.0. The molecule has 5 rings (SSSR count). The molecular weight excluding hydrogens is 388 g/mol. The van der Waals surface area contributed by atoms with E-state index in [9.17, 15) is 4.79 Å². The zero-order chi connectivity index (χ0) is 20.3. The predicted molar refractivity (Wildman–Crippen MR) is 124 cm³/mol. The lowest BCUT2D eigenvalue weighted by Crippen LogP contribution is -2.10. The third-order valence-corrected chi connectivity index (χ3v) is 5.74. The van der Waals surface area contributed by atoms with Gasteiger partial charge in [0.1, 0.15) is 0 Å². The zero-order valence-corrected chi connectivity index (χ0v) is 16.7. The molecule has 0 unspecified atom stereocenters. The van der Waals surface area contributed by atoms with Crippen molar-refractivity contribution in [1.82, 2.24) is 9.97 Å². The number of aromatic nitrogens is 2. The lowest BCUT2D eigenvalue weighted by Gasteiger charge is -2.12. The van der Waals surface area contributed by atoms with E-state index >= 15 is 0 Å². The Morgan fingerprint density at radius 2 is 1.70 bits per heavy atom. The largest absolute Gasteiger partial charge is 0.321 e. The summed E-state index contributed by atoms with van der Waals surface area (Å²) in [5.74, 6) is 6.37. The number of fused-ring (bicyclic) bond motifs is 1. The van der Waals surface area contributed by atoms with Gasteiger partial charge in [0.15, 0.2) is 0 Å². The molecule has 0 fully saturated rings. The van der Waals surface area contributed by atoms with Gasteiger partial charge < -0.3 is 4.98 Å². The Kier molecular flexibility index (Phi) is 4.72. The summed E-state index contributed by atoms with van der Waals surface area (Å²) in [5, 5.41) is 3.00. The molecule has 0 aliphatic rings. The summed E-state index contributed by atoms with van der Waals surface area (Å²) in [7, 11) is 0. The topological polar surface area (TPSA) is 45.8 Å². The molecule has 4 heteroatoms. The van der Waals surface area contributed by atoms with Crippen LogP contribution in [0, 0.1) is 11.8 Å². The van der Waals surface area contributed by atoms with E-state index in [0.29, 0.717) is 5.56 Å². The van der Waals surface area contributed by atoms with Crippen molar-refractivity contribution in [2.24, 2.45) is 0 Å². The van der Waals surface area contributed by atoms with Crippen molar-refractivity contribution in [2.75, 3.05) is 0 Å². The number of pyridine rings is 2. The molecule has 0 aliphatic heterocycles. The molecule has 3 nitrogen and oxygen atoms in total. The summed E-state index contributed by atoms with van der Waals surface area (Å²) in [4.78, 5) is 21.1. The van der Waals surface area contributed by atoms with Gasteiger partial charge in [-0.3, -0.25) is 9.78 Å². The van der Waals surface area contributed by atoms with Crippen LogP contribution in [-0.2, 0) is 0 Å². The summed E-state index contributed by atoms with van der Waals surface area (Å²) < 4.78 is 0. The average Bonchev–Trinajstić information content (AvgIpc) is 3.32. The van der Waals surface area contributed by atoms with Gasteiger partial charge in [-0.2, -0.15) is 0 Å². The van der Waals surface area contributed by atoms with Crippen LogP contribution in [0.2, 0.25) is 0 Å². The monoisotopic (exact) mass is 404 g/mol. The van der Waals surface area contributed by atoms with E-state index in [1.807, 2.05) is 78.2 Å². The van der Waals surface area contributed by atoms with Gasteiger partial charge in [0.25, 0.3) is 5.56 Å². The summed E-state index contributed by atoms with van der Waals surface area (Å²) in [6.07, 6.45) is 3.48. The Bertz CT molecular complexity index is 1460. The summed E-state index contributed by atoms with van der Waals surface area (Å²) >= 11 is 1.56. The normalized spacial score (nSPS) is 10.5. The number of nitrogens with zero attached hydrogens (tertiary/aromatic N) is 1. The molecule has 3 aromatic heterocycles. The summed E-state index contributed by atoms with van der Waals surface area (Å²) in [5.41, 5.74) is 5.09. The van der Waals surface area contributed by atoms with Crippen LogP contribution in [0.3, 0.4) is 0 Å². The fourth-order valence-corrected chi connectivity index (χ4v) is 4.31. The van der Waals surface area contributed by atoms with Gasteiger partial charge in [-0.25, -0.2) is 0 Å². The number of H-pyrrole nitrogens is 1. The average molecular weight is 404 g/mol. The fraction of sp³-hybridized carbons (Fsp3) is 0. The second kappa shape index (κ2) is 7.82. The van der Waals surface area contributed by atoms with E-state index in [4.69, 9.17) is 0 Å². The predicted octanol–water partition coefficient (Wildman–Crippen LogP) is 5.72. The van der Waals surface area contributed by atoms with Crippen LogP contribution in [0.5, 0.6) is 0 Å². The van der Waals surface area contributed by atoms with Gasteiger partial charge in [0.2, 0.25) is 0 Å². The van der Waals surface area contributed by atoms with Gasteiger partial charge in [-0.05, 0) is 47.3 Å². The molecule has 0 radical (unpaired) electrons. The summed E-state index contributed by atoms with van der Waals surface area (Å²) in [6, 6.07) is 23.7. The molecule has 0 bridgehead atoms. The smallest absolute Gasteiger partial charge is 0.257 e. The maximum Gasteiger partial charge on any atom is 0.257 e. The van der Waals surface area contributed by atoms with Crippen LogP contribution in [-0.4, -0.2) is 9.97 Å². The highest BCUT2D eigenvalue weighted by Gasteiger charge is 2.17. The molecule has 5 aromatic rings. The second-order valence-electron chi connectivity index (χ2n) is 6.80. The van der Waals surface area contributed by atoms with Gasteiger partial charge in [-0.1, -0.05) is 48.2 Å². The van der Waals surface area contributed by atoms with Crippen molar-refractivity contribution in [3.63, 3.8) is 0 Å². The van der Waals surface area contributed by atoms with Crippen LogP contribution in [0.15, 0.2) is 95.4 Å². The van der Waals surface area contributed by atoms with Gasteiger partial charge in [-0.15, -0.1) is 11.3 Å². The van der Waals surface area contributed by atoms with E-state index in [1.54, 1.807) is 23.7 Å². The first-order valence-electron chi connectivity index (χ1n) is 9.51. The fourth-order valence-electron chi connectivity index (χ4n) is 3.53. The number of thiophene rings is 1. The number of nitrogens with one attached hydrogen (secondary N) is 1. The van der Waals surface area contributed by atoms with E-state index < -0.39 is 0 Å². The van der Waals surface area contributed by atoms with Gasteiger partial charge >= 0.3 is 0 Å². The third kappa shape index (κ3) is 3.43. The van der Waals surface area contributed by atoms with Crippen molar-refractivity contribution in [1.29, 1.82) is 0 Å².